The first-order chi connectivity index (χ1) is 13.8. The Bertz CT molecular complexity index is 880. The molecule has 0 aliphatic heterocycles. The van der Waals surface area contributed by atoms with Gasteiger partial charge in [-0.1, -0.05) is 0 Å². The van der Waals surface area contributed by atoms with Crippen LogP contribution in [0.1, 0.15) is 43.9 Å². The number of aliphatic hydroxyl groups is 3. The minimum absolute atomic E-state index is 0.0374. The van der Waals surface area contributed by atoms with Crippen molar-refractivity contribution < 1.29 is 54.8 Å². The zero-order valence-electron chi connectivity index (χ0n) is 17.3. The zero-order chi connectivity index (χ0) is 25.7. The van der Waals surface area contributed by atoms with E-state index in [0.29, 0.717) is 13.0 Å². The number of benzene rings is 1. The highest BCUT2D eigenvalue weighted by Crippen LogP contribution is 2.45. The van der Waals surface area contributed by atoms with Crippen LogP contribution in [-0.2, 0) is 5.60 Å². The molecule has 0 amide bonds. The molecular weight excluding hydrogens is 461 g/mol. The highest BCUT2D eigenvalue weighted by molar-refractivity contribution is 5.72. The highest BCUT2D eigenvalue weighted by atomic mass is 19.4. The maximum absolute atomic E-state index is 13.3. The highest BCUT2D eigenvalue weighted by Gasteiger charge is 2.54. The van der Waals surface area contributed by atoms with Crippen LogP contribution in [0.4, 0.5) is 45.2 Å². The second-order valence-electron chi connectivity index (χ2n) is 8.09. The van der Waals surface area contributed by atoms with Crippen LogP contribution in [0.25, 0.3) is 5.57 Å². The molecule has 0 bridgehead atoms. The summed E-state index contributed by atoms with van der Waals surface area (Å²) in [6.45, 7) is 1.89. The van der Waals surface area contributed by atoms with Gasteiger partial charge in [0.25, 0.3) is 0 Å². The monoisotopic (exact) mass is 483 g/mol. The van der Waals surface area contributed by atoms with Crippen LogP contribution in [0.3, 0.4) is 0 Å². The van der Waals surface area contributed by atoms with E-state index in [1.54, 1.807) is 0 Å². The molecule has 1 rings (SSSR count). The second kappa shape index (κ2) is 8.10. The summed E-state index contributed by atoms with van der Waals surface area (Å²) >= 11 is 0. The Morgan fingerprint density at radius 3 is 1.69 bits per heavy atom. The summed E-state index contributed by atoms with van der Waals surface area (Å²) in [6.07, 6.45) is -17.6. The third-order valence-corrected chi connectivity index (χ3v) is 5.01. The van der Waals surface area contributed by atoms with E-state index in [4.69, 9.17) is 5.73 Å². The molecule has 5 N–H and O–H groups in total. The molecule has 0 aromatic heterocycles. The minimum atomic E-state index is -5.37. The van der Waals surface area contributed by atoms with Crippen LogP contribution in [-0.4, -0.2) is 45.1 Å². The Kier molecular flexibility index (Phi) is 7.10. The Morgan fingerprint density at radius 2 is 1.31 bits per heavy atom. The molecular formula is C19H22F9NO3. The number of nitrogen functional groups attached to an aromatic ring is 1. The SMILES string of the molecule is Cc1cc(/C(=C/C(C)(O)C(F)(F)F)CC(C)(O)C(F)(F)F)cc(C(C)(O)C(F)(F)F)c1N. The first-order valence-electron chi connectivity index (χ1n) is 8.85. The molecule has 3 atom stereocenters. The summed E-state index contributed by atoms with van der Waals surface area (Å²) in [5, 5.41) is 29.5. The lowest BCUT2D eigenvalue weighted by Gasteiger charge is -2.32. The van der Waals surface area contributed by atoms with Gasteiger partial charge in [0, 0.05) is 17.7 Å². The Labute approximate surface area is 177 Å². The molecule has 0 saturated heterocycles. The topological polar surface area (TPSA) is 86.7 Å². The number of rotatable bonds is 5. The van der Waals surface area contributed by atoms with Gasteiger partial charge in [-0.25, -0.2) is 0 Å². The summed E-state index contributed by atoms with van der Waals surface area (Å²) in [5.41, 5.74) is -8.78. The molecule has 0 aliphatic carbocycles. The summed E-state index contributed by atoms with van der Waals surface area (Å²) in [7, 11) is 0. The number of nitrogens with two attached hydrogens (primary N) is 1. The Hall–Kier alpha value is -1.99. The fourth-order valence-corrected chi connectivity index (χ4v) is 2.67. The molecule has 1 aromatic rings. The molecule has 184 valence electrons. The van der Waals surface area contributed by atoms with Crippen LogP contribution >= 0.6 is 0 Å². The number of hydrogen-bond acceptors (Lipinski definition) is 4. The van der Waals surface area contributed by atoms with E-state index in [2.05, 4.69) is 0 Å². The van der Waals surface area contributed by atoms with Crippen LogP contribution in [0, 0.1) is 6.92 Å². The van der Waals surface area contributed by atoms with E-state index in [1.807, 2.05) is 0 Å². The summed E-state index contributed by atoms with van der Waals surface area (Å²) < 4.78 is 119. The average Bonchev–Trinajstić information content (AvgIpc) is 2.52. The van der Waals surface area contributed by atoms with E-state index in [9.17, 15) is 54.8 Å². The van der Waals surface area contributed by atoms with Crippen molar-refractivity contribution in [2.45, 2.75) is 69.4 Å². The minimum Gasteiger partial charge on any atom is -0.398 e. The summed E-state index contributed by atoms with van der Waals surface area (Å²) in [6, 6.07) is 1.36. The van der Waals surface area contributed by atoms with Gasteiger partial charge in [-0.05, 0) is 62.6 Å². The van der Waals surface area contributed by atoms with E-state index in [1.165, 1.54) is 0 Å². The lowest BCUT2D eigenvalue weighted by atomic mass is 9.84. The van der Waals surface area contributed by atoms with Crippen molar-refractivity contribution in [3.8, 4) is 0 Å². The van der Waals surface area contributed by atoms with Crippen molar-refractivity contribution in [3.63, 3.8) is 0 Å². The van der Waals surface area contributed by atoms with E-state index >= 15 is 0 Å². The maximum atomic E-state index is 13.3. The van der Waals surface area contributed by atoms with Gasteiger partial charge in [0.1, 0.15) is 0 Å². The first kappa shape index (κ1) is 28.0. The van der Waals surface area contributed by atoms with Crippen LogP contribution < -0.4 is 5.73 Å². The number of anilines is 1. The molecule has 1 aromatic carbocycles. The Morgan fingerprint density at radius 1 is 0.844 bits per heavy atom. The van der Waals surface area contributed by atoms with Crippen LogP contribution in [0.5, 0.6) is 0 Å². The number of aryl methyl sites for hydroxylation is 1. The van der Waals surface area contributed by atoms with Crippen molar-refractivity contribution in [2.75, 3.05) is 5.73 Å². The van der Waals surface area contributed by atoms with Crippen molar-refractivity contribution in [1.82, 2.24) is 0 Å². The van der Waals surface area contributed by atoms with Gasteiger partial charge in [0.15, 0.2) is 16.8 Å². The molecule has 32 heavy (non-hydrogen) atoms. The molecule has 0 heterocycles. The normalized spacial score (nSPS) is 19.8. The van der Waals surface area contributed by atoms with Crippen LogP contribution in [0.15, 0.2) is 18.2 Å². The quantitative estimate of drug-likeness (QED) is 0.360. The van der Waals surface area contributed by atoms with Crippen LogP contribution in [0.2, 0.25) is 0 Å². The number of hydrogen-bond donors (Lipinski definition) is 4. The largest absolute Gasteiger partial charge is 0.421 e. The van der Waals surface area contributed by atoms with Crippen molar-refractivity contribution >= 4 is 11.3 Å². The number of halogens is 9. The smallest absolute Gasteiger partial charge is 0.398 e. The van der Waals surface area contributed by atoms with Gasteiger partial charge in [-0.2, -0.15) is 39.5 Å². The lowest BCUT2D eigenvalue weighted by molar-refractivity contribution is -0.258. The third-order valence-electron chi connectivity index (χ3n) is 5.01. The second-order valence-corrected chi connectivity index (χ2v) is 8.09. The summed E-state index contributed by atoms with van der Waals surface area (Å²) in [4.78, 5) is 0. The van der Waals surface area contributed by atoms with Gasteiger partial charge in [0.2, 0.25) is 0 Å². The fraction of sp³-hybridized carbons (Fsp3) is 0.579. The van der Waals surface area contributed by atoms with Gasteiger partial charge in [-0.3, -0.25) is 0 Å². The average molecular weight is 483 g/mol. The molecule has 4 nitrogen and oxygen atoms in total. The molecule has 0 saturated carbocycles. The molecule has 0 spiro atoms. The molecule has 0 radical (unpaired) electrons. The van der Waals surface area contributed by atoms with Gasteiger partial charge < -0.3 is 21.1 Å². The first-order valence-corrected chi connectivity index (χ1v) is 8.85. The van der Waals surface area contributed by atoms with Gasteiger partial charge >= 0.3 is 18.5 Å². The molecule has 13 heteroatoms. The van der Waals surface area contributed by atoms with Crippen molar-refractivity contribution in [1.29, 1.82) is 0 Å². The zero-order valence-corrected chi connectivity index (χ0v) is 17.3. The van der Waals surface area contributed by atoms with Crippen molar-refractivity contribution in [2.24, 2.45) is 0 Å². The lowest BCUT2D eigenvalue weighted by Crippen LogP contribution is -2.43. The predicted molar refractivity (Wildman–Crippen MR) is 97.2 cm³/mol. The van der Waals surface area contributed by atoms with E-state index in [-0.39, 0.29) is 25.5 Å². The van der Waals surface area contributed by atoms with Crippen molar-refractivity contribution in [3.05, 3.63) is 34.9 Å². The summed E-state index contributed by atoms with van der Waals surface area (Å²) in [5.74, 6) is 0. The van der Waals surface area contributed by atoms with Gasteiger partial charge in [-0.15, -0.1) is 0 Å². The number of alkyl halides is 9. The fourth-order valence-electron chi connectivity index (χ4n) is 2.67. The molecule has 0 fully saturated rings. The molecule has 3 unspecified atom stereocenters. The van der Waals surface area contributed by atoms with Gasteiger partial charge in [0.05, 0.1) is 0 Å². The predicted octanol–water partition coefficient (Wildman–Crippen LogP) is 4.75. The maximum Gasteiger partial charge on any atom is 0.421 e. The Balaban J connectivity index is 3.90. The molecule has 0 aliphatic rings. The third kappa shape index (κ3) is 5.49. The standard InChI is InChI=1S/C19H22F9NO3/c1-9-5-10(6-12(13(9)29)16(4,32)19(26,27)28)11(7-14(2,30)17(20,21)22)8-15(3,31)18(23,24)25/h5-7,30-32H,8,29H2,1-4H3/b11-7+. The van der Waals surface area contributed by atoms with E-state index in [0.717, 1.165) is 13.0 Å². The van der Waals surface area contributed by atoms with E-state index < -0.39 is 64.1 Å².